The summed E-state index contributed by atoms with van der Waals surface area (Å²) in [6.07, 6.45) is 5.76. The molecular formula is C25H32N2O5. The van der Waals surface area contributed by atoms with Crippen LogP contribution in [-0.2, 0) is 20.9 Å². The summed E-state index contributed by atoms with van der Waals surface area (Å²) >= 11 is 0. The number of aryl methyl sites for hydroxylation is 1. The molecule has 0 radical (unpaired) electrons. The number of hydrogen-bond donors (Lipinski definition) is 2. The number of aliphatic carboxylic acids is 1. The van der Waals surface area contributed by atoms with Crippen LogP contribution in [0.1, 0.15) is 49.8 Å². The standard InChI is InChI=1S/C25H32N2O5/c1-17-13-18(15-23(26-17)30-2)22-8-7-20(14-19(22)16-32-21-5-3-4-6-21)27-25(24(28)29)9-11-31-12-10-25/h7-8,13-15,21,27H,3-6,9-12,16H2,1-2H3,(H,28,29). The lowest BCUT2D eigenvalue weighted by atomic mass is 9.89. The number of aromatic nitrogens is 1. The first-order valence-electron chi connectivity index (χ1n) is 11.4. The van der Waals surface area contributed by atoms with Crippen LogP contribution in [-0.4, -0.2) is 48.0 Å². The van der Waals surface area contributed by atoms with Crippen molar-refractivity contribution in [2.75, 3.05) is 25.6 Å². The van der Waals surface area contributed by atoms with Crippen molar-refractivity contribution in [1.82, 2.24) is 4.98 Å². The van der Waals surface area contributed by atoms with Gasteiger partial charge in [-0.25, -0.2) is 9.78 Å². The van der Waals surface area contributed by atoms with Crippen LogP contribution < -0.4 is 10.1 Å². The maximum Gasteiger partial charge on any atom is 0.329 e. The first-order valence-corrected chi connectivity index (χ1v) is 11.4. The molecule has 32 heavy (non-hydrogen) atoms. The molecule has 0 spiro atoms. The molecule has 2 fully saturated rings. The zero-order valence-corrected chi connectivity index (χ0v) is 18.9. The first-order chi connectivity index (χ1) is 15.5. The molecule has 0 amide bonds. The summed E-state index contributed by atoms with van der Waals surface area (Å²) in [4.78, 5) is 16.5. The molecular weight excluding hydrogens is 408 g/mol. The number of rotatable bonds is 8. The molecule has 172 valence electrons. The van der Waals surface area contributed by atoms with Gasteiger partial charge in [-0.2, -0.15) is 0 Å². The Morgan fingerprint density at radius 2 is 1.97 bits per heavy atom. The largest absolute Gasteiger partial charge is 0.481 e. The highest BCUT2D eigenvalue weighted by Crippen LogP contribution is 2.33. The minimum atomic E-state index is -1.01. The average molecular weight is 441 g/mol. The fourth-order valence-corrected chi connectivity index (χ4v) is 4.62. The SMILES string of the molecule is COc1cc(-c2ccc(NC3(C(=O)O)CCOCC3)cc2COC2CCCC2)cc(C)n1. The molecule has 1 saturated heterocycles. The lowest BCUT2D eigenvalue weighted by Crippen LogP contribution is -2.50. The molecule has 0 bridgehead atoms. The number of benzene rings is 1. The lowest BCUT2D eigenvalue weighted by molar-refractivity contribution is -0.145. The third-order valence-corrected chi connectivity index (χ3v) is 6.47. The van der Waals surface area contributed by atoms with Gasteiger partial charge >= 0.3 is 5.97 Å². The number of hydrogen-bond acceptors (Lipinski definition) is 6. The Hall–Kier alpha value is -2.64. The Bertz CT molecular complexity index is 949. The topological polar surface area (TPSA) is 89.9 Å². The van der Waals surface area contributed by atoms with Crippen LogP contribution >= 0.6 is 0 Å². The summed E-state index contributed by atoms with van der Waals surface area (Å²) in [5.74, 6) is -0.278. The van der Waals surface area contributed by atoms with E-state index in [1.165, 1.54) is 12.8 Å². The number of methoxy groups -OCH3 is 1. The molecule has 7 heteroatoms. The summed E-state index contributed by atoms with van der Waals surface area (Å²) in [5, 5.41) is 13.2. The van der Waals surface area contributed by atoms with Crippen molar-refractivity contribution in [2.24, 2.45) is 0 Å². The van der Waals surface area contributed by atoms with Gasteiger partial charge in [-0.1, -0.05) is 18.9 Å². The minimum Gasteiger partial charge on any atom is -0.481 e. The van der Waals surface area contributed by atoms with Gasteiger partial charge in [0.05, 0.1) is 19.8 Å². The van der Waals surface area contributed by atoms with Gasteiger partial charge in [-0.3, -0.25) is 0 Å². The maximum atomic E-state index is 12.1. The summed E-state index contributed by atoms with van der Waals surface area (Å²) in [5.41, 5.74) is 3.69. The molecule has 1 aromatic carbocycles. The zero-order valence-electron chi connectivity index (χ0n) is 18.9. The summed E-state index contributed by atoms with van der Waals surface area (Å²) in [6, 6.07) is 9.94. The van der Waals surface area contributed by atoms with E-state index in [-0.39, 0.29) is 6.10 Å². The number of anilines is 1. The molecule has 1 aliphatic heterocycles. The Kier molecular flexibility index (Phi) is 6.96. The lowest BCUT2D eigenvalue weighted by Gasteiger charge is -2.35. The second kappa shape index (κ2) is 9.88. The summed E-state index contributed by atoms with van der Waals surface area (Å²) < 4.78 is 17.0. The second-order valence-electron chi connectivity index (χ2n) is 8.75. The smallest absolute Gasteiger partial charge is 0.329 e. The van der Waals surface area contributed by atoms with Gasteiger partial charge in [0, 0.05) is 43.5 Å². The molecule has 0 unspecified atom stereocenters. The van der Waals surface area contributed by atoms with Gasteiger partial charge in [0.1, 0.15) is 5.54 Å². The van der Waals surface area contributed by atoms with Crippen molar-refractivity contribution in [3.8, 4) is 17.0 Å². The van der Waals surface area contributed by atoms with Crippen LogP contribution in [0.3, 0.4) is 0 Å². The molecule has 2 N–H and O–H groups in total. The summed E-state index contributed by atoms with van der Waals surface area (Å²) in [7, 11) is 1.61. The van der Waals surface area contributed by atoms with Crippen LogP contribution in [0.4, 0.5) is 5.69 Å². The highest BCUT2D eigenvalue weighted by molar-refractivity contribution is 5.83. The van der Waals surface area contributed by atoms with E-state index in [2.05, 4.69) is 10.3 Å². The van der Waals surface area contributed by atoms with E-state index in [1.807, 2.05) is 37.3 Å². The van der Waals surface area contributed by atoms with E-state index in [0.29, 0.717) is 38.5 Å². The highest BCUT2D eigenvalue weighted by Gasteiger charge is 2.40. The van der Waals surface area contributed by atoms with Gasteiger partial charge in [-0.05, 0) is 54.7 Å². The average Bonchev–Trinajstić information content (AvgIpc) is 3.31. The Morgan fingerprint density at radius 3 is 2.66 bits per heavy atom. The number of nitrogens with one attached hydrogen (secondary N) is 1. The van der Waals surface area contributed by atoms with Crippen LogP contribution in [0.5, 0.6) is 5.88 Å². The Labute approximate surface area is 189 Å². The third-order valence-electron chi connectivity index (χ3n) is 6.47. The fraction of sp³-hybridized carbons (Fsp3) is 0.520. The van der Waals surface area contributed by atoms with E-state index in [9.17, 15) is 9.90 Å². The molecule has 2 aliphatic rings. The van der Waals surface area contributed by atoms with Crippen LogP contribution in [0.2, 0.25) is 0 Å². The predicted octanol–water partition coefficient (Wildman–Crippen LogP) is 4.57. The molecule has 2 heterocycles. The van der Waals surface area contributed by atoms with Gasteiger partial charge in [0.25, 0.3) is 0 Å². The number of carbonyl (C=O) groups is 1. The molecule has 1 aromatic heterocycles. The number of pyridine rings is 1. The summed E-state index contributed by atoms with van der Waals surface area (Å²) in [6.45, 7) is 3.29. The van der Waals surface area contributed by atoms with Gasteiger partial charge in [0.15, 0.2) is 0 Å². The molecule has 4 rings (SSSR count). The molecule has 1 aliphatic carbocycles. The molecule has 0 atom stereocenters. The van der Waals surface area contributed by atoms with E-state index < -0.39 is 11.5 Å². The first kappa shape index (κ1) is 22.6. The molecule has 2 aromatic rings. The van der Waals surface area contributed by atoms with Gasteiger partial charge in [-0.15, -0.1) is 0 Å². The van der Waals surface area contributed by atoms with E-state index in [0.717, 1.165) is 40.9 Å². The number of ether oxygens (including phenoxy) is 3. The highest BCUT2D eigenvalue weighted by atomic mass is 16.5. The second-order valence-corrected chi connectivity index (χ2v) is 8.75. The van der Waals surface area contributed by atoms with Crippen molar-refractivity contribution in [2.45, 2.75) is 63.7 Å². The Balaban J connectivity index is 1.66. The molecule has 1 saturated carbocycles. The number of carboxylic acid groups (broad SMARTS) is 1. The van der Waals surface area contributed by atoms with Crippen molar-refractivity contribution < 1.29 is 24.1 Å². The van der Waals surface area contributed by atoms with Crippen LogP contribution in [0.15, 0.2) is 30.3 Å². The fourth-order valence-electron chi connectivity index (χ4n) is 4.62. The van der Waals surface area contributed by atoms with Gasteiger partial charge in [0.2, 0.25) is 5.88 Å². The van der Waals surface area contributed by atoms with Crippen LogP contribution in [0.25, 0.3) is 11.1 Å². The minimum absolute atomic E-state index is 0.286. The van der Waals surface area contributed by atoms with E-state index >= 15 is 0 Å². The zero-order chi connectivity index (χ0) is 22.6. The number of nitrogens with zero attached hydrogens (tertiary/aromatic N) is 1. The quantitative estimate of drug-likeness (QED) is 0.621. The molecule has 7 nitrogen and oxygen atoms in total. The number of carboxylic acids is 1. The Morgan fingerprint density at radius 1 is 1.22 bits per heavy atom. The van der Waals surface area contributed by atoms with Crippen molar-refractivity contribution >= 4 is 11.7 Å². The van der Waals surface area contributed by atoms with Crippen LogP contribution in [0, 0.1) is 6.92 Å². The maximum absolute atomic E-state index is 12.1. The monoisotopic (exact) mass is 440 g/mol. The van der Waals surface area contributed by atoms with E-state index in [1.54, 1.807) is 7.11 Å². The van der Waals surface area contributed by atoms with Crippen molar-refractivity contribution in [3.05, 3.63) is 41.6 Å². The van der Waals surface area contributed by atoms with Gasteiger partial charge < -0.3 is 24.6 Å². The van der Waals surface area contributed by atoms with E-state index in [4.69, 9.17) is 14.2 Å². The third kappa shape index (κ3) is 5.05. The van der Waals surface area contributed by atoms with Crippen molar-refractivity contribution in [1.29, 1.82) is 0 Å². The normalized spacial score (nSPS) is 18.4. The van der Waals surface area contributed by atoms with Crippen molar-refractivity contribution in [3.63, 3.8) is 0 Å². The predicted molar refractivity (Wildman–Crippen MR) is 122 cm³/mol.